The SMILES string of the molecule is CNS(=O)(=O)c1cccc(NC2CCC(C)C(C)C2)c1. The van der Waals surface area contributed by atoms with Gasteiger partial charge in [0.05, 0.1) is 4.90 Å². The van der Waals surface area contributed by atoms with E-state index < -0.39 is 10.0 Å². The highest BCUT2D eigenvalue weighted by atomic mass is 32.2. The first-order valence-electron chi connectivity index (χ1n) is 7.22. The number of hydrogen-bond donors (Lipinski definition) is 2. The minimum Gasteiger partial charge on any atom is -0.382 e. The van der Waals surface area contributed by atoms with Crippen molar-refractivity contribution < 1.29 is 8.42 Å². The van der Waals surface area contributed by atoms with Gasteiger partial charge in [0, 0.05) is 11.7 Å². The molecule has 1 aromatic carbocycles. The van der Waals surface area contributed by atoms with Crippen LogP contribution in [-0.2, 0) is 10.0 Å². The maximum absolute atomic E-state index is 11.8. The van der Waals surface area contributed by atoms with Crippen LogP contribution in [0.15, 0.2) is 29.2 Å². The van der Waals surface area contributed by atoms with Gasteiger partial charge in [0.15, 0.2) is 0 Å². The van der Waals surface area contributed by atoms with Crippen LogP contribution < -0.4 is 10.0 Å². The van der Waals surface area contributed by atoms with Gasteiger partial charge in [-0.1, -0.05) is 19.9 Å². The molecule has 5 heteroatoms. The summed E-state index contributed by atoms with van der Waals surface area (Å²) in [5, 5.41) is 3.48. The molecule has 3 unspecified atom stereocenters. The summed E-state index contributed by atoms with van der Waals surface area (Å²) < 4.78 is 25.9. The third kappa shape index (κ3) is 3.52. The van der Waals surface area contributed by atoms with Gasteiger partial charge in [-0.15, -0.1) is 0 Å². The number of hydrogen-bond acceptors (Lipinski definition) is 3. The largest absolute Gasteiger partial charge is 0.382 e. The molecule has 0 spiro atoms. The molecule has 20 heavy (non-hydrogen) atoms. The van der Waals surface area contributed by atoms with E-state index in [9.17, 15) is 8.42 Å². The maximum Gasteiger partial charge on any atom is 0.240 e. The Hall–Kier alpha value is -1.07. The lowest BCUT2D eigenvalue weighted by Gasteiger charge is -2.33. The smallest absolute Gasteiger partial charge is 0.240 e. The highest BCUT2D eigenvalue weighted by Crippen LogP contribution is 2.31. The first-order valence-corrected chi connectivity index (χ1v) is 8.71. The second-order valence-electron chi connectivity index (χ2n) is 5.84. The number of anilines is 1. The molecule has 2 rings (SSSR count). The lowest BCUT2D eigenvalue weighted by atomic mass is 9.79. The van der Waals surface area contributed by atoms with Crippen molar-refractivity contribution in [2.24, 2.45) is 11.8 Å². The predicted molar refractivity (Wildman–Crippen MR) is 82.3 cm³/mol. The molecule has 0 heterocycles. The lowest BCUT2D eigenvalue weighted by Crippen LogP contribution is -2.30. The van der Waals surface area contributed by atoms with Crippen molar-refractivity contribution in [3.63, 3.8) is 0 Å². The molecule has 0 aliphatic heterocycles. The zero-order valence-electron chi connectivity index (χ0n) is 12.4. The molecular formula is C15H24N2O2S. The maximum atomic E-state index is 11.8. The Labute approximate surface area is 122 Å². The average Bonchev–Trinajstić information content (AvgIpc) is 2.43. The van der Waals surface area contributed by atoms with Crippen molar-refractivity contribution >= 4 is 15.7 Å². The quantitative estimate of drug-likeness (QED) is 0.898. The summed E-state index contributed by atoms with van der Waals surface area (Å²) in [6.45, 7) is 4.60. The fourth-order valence-corrected chi connectivity index (χ4v) is 3.56. The van der Waals surface area contributed by atoms with Crippen LogP contribution in [0.5, 0.6) is 0 Å². The third-order valence-electron chi connectivity index (χ3n) is 4.38. The highest BCUT2D eigenvalue weighted by molar-refractivity contribution is 7.89. The molecule has 2 N–H and O–H groups in total. The van der Waals surface area contributed by atoms with Crippen LogP contribution in [0.3, 0.4) is 0 Å². The van der Waals surface area contributed by atoms with Crippen molar-refractivity contribution in [3.05, 3.63) is 24.3 Å². The van der Waals surface area contributed by atoms with Gasteiger partial charge < -0.3 is 5.32 Å². The fraction of sp³-hybridized carbons (Fsp3) is 0.600. The van der Waals surface area contributed by atoms with E-state index in [0.717, 1.165) is 24.4 Å². The van der Waals surface area contributed by atoms with E-state index in [1.54, 1.807) is 18.2 Å². The standard InChI is InChI=1S/C15H24N2O2S/c1-11-7-8-14(9-12(11)2)17-13-5-4-6-15(10-13)20(18,19)16-3/h4-6,10-12,14,16-17H,7-9H2,1-3H3. The van der Waals surface area contributed by atoms with Crippen LogP contribution in [0.25, 0.3) is 0 Å². The Bertz CT molecular complexity index is 557. The van der Waals surface area contributed by atoms with Gasteiger partial charge in [-0.3, -0.25) is 0 Å². The number of rotatable bonds is 4. The average molecular weight is 296 g/mol. The first-order chi connectivity index (χ1) is 9.42. The Morgan fingerprint density at radius 1 is 1.15 bits per heavy atom. The van der Waals surface area contributed by atoms with Crippen molar-refractivity contribution in [1.29, 1.82) is 0 Å². The van der Waals surface area contributed by atoms with E-state index in [2.05, 4.69) is 23.9 Å². The third-order valence-corrected chi connectivity index (χ3v) is 5.79. The predicted octanol–water partition coefficient (Wildman–Crippen LogP) is 2.83. The summed E-state index contributed by atoms with van der Waals surface area (Å²) in [6, 6.07) is 7.46. The van der Waals surface area contributed by atoms with Gasteiger partial charge in [0.2, 0.25) is 10.0 Å². The molecule has 112 valence electrons. The summed E-state index contributed by atoms with van der Waals surface area (Å²) in [5.41, 5.74) is 0.882. The van der Waals surface area contributed by atoms with Gasteiger partial charge in [-0.05, 0) is 56.3 Å². The minimum absolute atomic E-state index is 0.308. The van der Waals surface area contributed by atoms with Crippen LogP contribution >= 0.6 is 0 Å². The summed E-state index contributed by atoms with van der Waals surface area (Å²) in [6.07, 6.45) is 3.52. The van der Waals surface area contributed by atoms with E-state index in [4.69, 9.17) is 0 Å². The zero-order chi connectivity index (χ0) is 14.8. The molecule has 1 saturated carbocycles. The van der Waals surface area contributed by atoms with Crippen LogP contribution in [0.1, 0.15) is 33.1 Å². The van der Waals surface area contributed by atoms with Gasteiger partial charge in [0.1, 0.15) is 0 Å². The molecule has 1 aliphatic rings. The molecule has 1 fully saturated rings. The molecule has 0 radical (unpaired) electrons. The summed E-state index contributed by atoms with van der Waals surface area (Å²) in [4.78, 5) is 0.308. The normalized spacial score (nSPS) is 27.2. The fourth-order valence-electron chi connectivity index (χ4n) is 2.79. The van der Waals surface area contributed by atoms with Crippen LogP contribution in [0, 0.1) is 11.8 Å². The van der Waals surface area contributed by atoms with Gasteiger partial charge in [-0.25, -0.2) is 13.1 Å². The van der Waals surface area contributed by atoms with Crippen molar-refractivity contribution in [2.75, 3.05) is 12.4 Å². The second-order valence-corrected chi connectivity index (χ2v) is 7.73. The molecule has 1 aliphatic carbocycles. The molecule has 4 nitrogen and oxygen atoms in total. The minimum atomic E-state index is -3.37. The molecule has 3 atom stereocenters. The van der Waals surface area contributed by atoms with Gasteiger partial charge >= 0.3 is 0 Å². The lowest BCUT2D eigenvalue weighted by molar-refractivity contribution is 0.261. The Morgan fingerprint density at radius 2 is 1.90 bits per heavy atom. The summed E-state index contributed by atoms with van der Waals surface area (Å²) in [5.74, 6) is 1.49. The molecule has 0 bridgehead atoms. The summed E-state index contributed by atoms with van der Waals surface area (Å²) >= 11 is 0. The molecule has 0 saturated heterocycles. The van der Waals surface area contributed by atoms with Crippen molar-refractivity contribution in [3.8, 4) is 0 Å². The number of benzene rings is 1. The van der Waals surface area contributed by atoms with E-state index in [0.29, 0.717) is 16.9 Å². The first kappa shape index (κ1) is 15.3. The Kier molecular flexibility index (Phi) is 4.70. The summed E-state index contributed by atoms with van der Waals surface area (Å²) in [7, 11) is -1.94. The van der Waals surface area contributed by atoms with Gasteiger partial charge in [-0.2, -0.15) is 0 Å². The molecule has 0 aromatic heterocycles. The Morgan fingerprint density at radius 3 is 2.55 bits per heavy atom. The van der Waals surface area contributed by atoms with E-state index in [1.165, 1.54) is 13.5 Å². The topological polar surface area (TPSA) is 58.2 Å². The van der Waals surface area contributed by atoms with Crippen LogP contribution in [0.4, 0.5) is 5.69 Å². The Balaban J connectivity index is 2.09. The zero-order valence-corrected chi connectivity index (χ0v) is 13.2. The van der Waals surface area contributed by atoms with Crippen LogP contribution in [0.2, 0.25) is 0 Å². The second kappa shape index (κ2) is 6.14. The van der Waals surface area contributed by atoms with E-state index in [1.807, 2.05) is 6.07 Å². The highest BCUT2D eigenvalue weighted by Gasteiger charge is 2.24. The number of sulfonamides is 1. The molecule has 0 amide bonds. The van der Waals surface area contributed by atoms with E-state index >= 15 is 0 Å². The van der Waals surface area contributed by atoms with E-state index in [-0.39, 0.29) is 0 Å². The van der Waals surface area contributed by atoms with Crippen molar-refractivity contribution in [2.45, 2.75) is 44.0 Å². The molecule has 1 aromatic rings. The monoisotopic (exact) mass is 296 g/mol. The van der Waals surface area contributed by atoms with Crippen molar-refractivity contribution in [1.82, 2.24) is 4.72 Å². The van der Waals surface area contributed by atoms with Crippen LogP contribution in [-0.4, -0.2) is 21.5 Å². The number of nitrogens with one attached hydrogen (secondary N) is 2. The van der Waals surface area contributed by atoms with Gasteiger partial charge in [0.25, 0.3) is 0 Å². The molecular weight excluding hydrogens is 272 g/mol.